The van der Waals surface area contributed by atoms with Crippen molar-refractivity contribution >= 4 is 31.9 Å². The summed E-state index contributed by atoms with van der Waals surface area (Å²) in [6, 6.07) is 11.6. The fourth-order valence-electron chi connectivity index (χ4n) is 1.53. The van der Waals surface area contributed by atoms with Gasteiger partial charge in [-0.2, -0.15) is 0 Å². The molecule has 110 valence electrons. The number of sulfonamides is 1. The molecule has 3 N–H and O–H groups in total. The molecule has 0 heterocycles. The second-order valence-electron chi connectivity index (χ2n) is 4.07. The molecule has 0 radical (unpaired) electrons. The van der Waals surface area contributed by atoms with Crippen LogP contribution in [0, 0.1) is 0 Å². The normalized spacial score (nSPS) is 11.1. The SMILES string of the molecule is O=C(NNS(=O)(=O)c1cccc(Br)c1)c1cccc(O)c1. The summed E-state index contributed by atoms with van der Waals surface area (Å²) in [6.45, 7) is 0. The van der Waals surface area contributed by atoms with E-state index >= 15 is 0 Å². The van der Waals surface area contributed by atoms with Crippen molar-refractivity contribution in [3.8, 4) is 5.75 Å². The first-order valence-electron chi connectivity index (χ1n) is 5.75. The largest absolute Gasteiger partial charge is 0.508 e. The number of hydrogen-bond acceptors (Lipinski definition) is 4. The Morgan fingerprint density at radius 1 is 1.10 bits per heavy atom. The van der Waals surface area contributed by atoms with Gasteiger partial charge in [0, 0.05) is 10.0 Å². The third-order valence-corrected chi connectivity index (χ3v) is 4.25. The van der Waals surface area contributed by atoms with Crippen LogP contribution in [0.15, 0.2) is 57.9 Å². The van der Waals surface area contributed by atoms with Gasteiger partial charge in [0.25, 0.3) is 15.9 Å². The number of carbonyl (C=O) groups excluding carboxylic acids is 1. The molecule has 0 atom stereocenters. The lowest BCUT2D eigenvalue weighted by molar-refractivity contribution is 0.0944. The van der Waals surface area contributed by atoms with Crippen molar-refractivity contribution in [2.45, 2.75) is 4.90 Å². The zero-order valence-corrected chi connectivity index (χ0v) is 13.0. The molecule has 0 bridgehead atoms. The number of aromatic hydroxyl groups is 1. The van der Waals surface area contributed by atoms with Crippen LogP contribution in [-0.2, 0) is 10.0 Å². The van der Waals surface area contributed by atoms with E-state index in [1.54, 1.807) is 12.1 Å². The first kappa shape index (κ1) is 15.5. The smallest absolute Gasteiger partial charge is 0.266 e. The standard InChI is InChI=1S/C13H11BrN2O4S/c14-10-4-2-6-12(8-10)21(19,20)16-15-13(18)9-3-1-5-11(17)7-9/h1-8,16-17H,(H,15,18). The van der Waals surface area contributed by atoms with Crippen molar-refractivity contribution in [3.05, 3.63) is 58.6 Å². The molecule has 2 aromatic rings. The Morgan fingerprint density at radius 2 is 1.81 bits per heavy atom. The summed E-state index contributed by atoms with van der Waals surface area (Å²) >= 11 is 3.17. The van der Waals surface area contributed by atoms with Gasteiger partial charge in [-0.05, 0) is 36.4 Å². The molecule has 0 unspecified atom stereocenters. The van der Waals surface area contributed by atoms with E-state index < -0.39 is 15.9 Å². The molecule has 0 fully saturated rings. The van der Waals surface area contributed by atoms with Crippen molar-refractivity contribution in [1.29, 1.82) is 0 Å². The Hall–Kier alpha value is -1.90. The Bertz CT molecular complexity index is 777. The molecule has 0 aromatic heterocycles. The Morgan fingerprint density at radius 3 is 2.48 bits per heavy atom. The van der Waals surface area contributed by atoms with Gasteiger partial charge in [0.1, 0.15) is 5.75 Å². The predicted molar refractivity (Wildman–Crippen MR) is 80.0 cm³/mol. The second-order valence-corrected chi connectivity index (χ2v) is 6.67. The Labute approximate surface area is 130 Å². The van der Waals surface area contributed by atoms with Crippen LogP contribution in [0.1, 0.15) is 10.4 Å². The highest BCUT2D eigenvalue weighted by atomic mass is 79.9. The number of phenols is 1. The number of benzene rings is 2. The minimum absolute atomic E-state index is 0.00749. The maximum atomic E-state index is 12.0. The number of phenolic OH excluding ortho intramolecular Hbond substituents is 1. The zero-order valence-electron chi connectivity index (χ0n) is 10.6. The van der Waals surface area contributed by atoms with Gasteiger partial charge in [-0.15, -0.1) is 4.83 Å². The molecular formula is C13H11BrN2O4S. The van der Waals surface area contributed by atoms with Crippen LogP contribution in [0.3, 0.4) is 0 Å². The zero-order chi connectivity index (χ0) is 15.5. The molecular weight excluding hydrogens is 360 g/mol. The van der Waals surface area contributed by atoms with E-state index in [1.165, 1.54) is 36.4 Å². The van der Waals surface area contributed by atoms with Crippen LogP contribution in [0.25, 0.3) is 0 Å². The van der Waals surface area contributed by atoms with Crippen molar-refractivity contribution in [1.82, 2.24) is 10.3 Å². The molecule has 0 aliphatic heterocycles. The summed E-state index contributed by atoms with van der Waals surface area (Å²) in [6.07, 6.45) is 0. The topological polar surface area (TPSA) is 95.5 Å². The number of nitrogens with one attached hydrogen (secondary N) is 2. The third kappa shape index (κ3) is 4.03. The van der Waals surface area contributed by atoms with Crippen molar-refractivity contribution < 1.29 is 18.3 Å². The van der Waals surface area contributed by atoms with Gasteiger partial charge < -0.3 is 5.11 Å². The van der Waals surface area contributed by atoms with Gasteiger partial charge in [0.2, 0.25) is 0 Å². The van der Waals surface area contributed by atoms with E-state index in [4.69, 9.17) is 0 Å². The maximum Gasteiger partial charge on any atom is 0.266 e. The van der Waals surface area contributed by atoms with E-state index in [2.05, 4.69) is 21.4 Å². The predicted octanol–water partition coefficient (Wildman–Crippen LogP) is 1.78. The van der Waals surface area contributed by atoms with Crippen LogP contribution in [-0.4, -0.2) is 19.4 Å². The maximum absolute atomic E-state index is 12.0. The summed E-state index contributed by atoms with van der Waals surface area (Å²) in [7, 11) is -3.87. The number of hydrogen-bond donors (Lipinski definition) is 3. The van der Waals surface area contributed by atoms with Crippen LogP contribution >= 0.6 is 15.9 Å². The summed E-state index contributed by atoms with van der Waals surface area (Å²) in [5, 5.41) is 9.27. The van der Waals surface area contributed by atoms with Gasteiger partial charge in [0.05, 0.1) is 4.90 Å². The molecule has 21 heavy (non-hydrogen) atoms. The van der Waals surface area contributed by atoms with Gasteiger partial charge in [-0.25, -0.2) is 8.42 Å². The average molecular weight is 371 g/mol. The number of carbonyl (C=O) groups is 1. The average Bonchev–Trinajstić information content (AvgIpc) is 2.45. The van der Waals surface area contributed by atoms with Gasteiger partial charge in [-0.1, -0.05) is 28.1 Å². The van der Waals surface area contributed by atoms with Gasteiger partial charge in [-0.3, -0.25) is 10.2 Å². The first-order valence-corrected chi connectivity index (χ1v) is 8.03. The molecule has 0 spiro atoms. The van der Waals surface area contributed by atoms with Crippen molar-refractivity contribution in [2.75, 3.05) is 0 Å². The van der Waals surface area contributed by atoms with Crippen molar-refractivity contribution in [2.24, 2.45) is 0 Å². The molecule has 6 nitrogen and oxygen atoms in total. The van der Waals surface area contributed by atoms with Crippen LogP contribution in [0.2, 0.25) is 0 Å². The fourth-order valence-corrected chi connectivity index (χ4v) is 2.96. The first-order chi connectivity index (χ1) is 9.88. The van der Waals surface area contributed by atoms with Crippen LogP contribution < -0.4 is 10.3 Å². The molecule has 8 heteroatoms. The summed E-state index contributed by atoms with van der Waals surface area (Å²) in [5.74, 6) is -0.762. The molecule has 1 amide bonds. The summed E-state index contributed by atoms with van der Waals surface area (Å²) in [5.41, 5.74) is 2.21. The molecule has 2 aromatic carbocycles. The molecule has 0 saturated carbocycles. The number of amides is 1. The monoisotopic (exact) mass is 370 g/mol. The van der Waals surface area contributed by atoms with Crippen molar-refractivity contribution in [3.63, 3.8) is 0 Å². The highest BCUT2D eigenvalue weighted by molar-refractivity contribution is 9.10. The Kier molecular flexibility index (Phi) is 4.61. The number of halogens is 1. The quantitative estimate of drug-likeness (QED) is 0.714. The summed E-state index contributed by atoms with van der Waals surface area (Å²) < 4.78 is 24.6. The second kappa shape index (κ2) is 6.25. The lowest BCUT2D eigenvalue weighted by atomic mass is 10.2. The highest BCUT2D eigenvalue weighted by Gasteiger charge is 2.16. The molecule has 2 rings (SSSR count). The minimum atomic E-state index is -3.87. The van der Waals surface area contributed by atoms with Gasteiger partial charge in [0.15, 0.2) is 0 Å². The molecule has 0 aliphatic rings. The van der Waals surface area contributed by atoms with Crippen LogP contribution in [0.5, 0.6) is 5.75 Å². The van der Waals surface area contributed by atoms with E-state index in [-0.39, 0.29) is 16.2 Å². The fraction of sp³-hybridized carbons (Fsp3) is 0. The van der Waals surface area contributed by atoms with E-state index in [1.807, 2.05) is 4.83 Å². The van der Waals surface area contributed by atoms with E-state index in [0.717, 1.165) is 0 Å². The van der Waals surface area contributed by atoms with E-state index in [0.29, 0.717) is 4.47 Å². The lowest BCUT2D eigenvalue weighted by Gasteiger charge is -2.09. The summed E-state index contributed by atoms with van der Waals surface area (Å²) in [4.78, 5) is 13.8. The van der Waals surface area contributed by atoms with E-state index in [9.17, 15) is 18.3 Å². The van der Waals surface area contributed by atoms with Gasteiger partial charge >= 0.3 is 0 Å². The van der Waals surface area contributed by atoms with Crippen LogP contribution in [0.4, 0.5) is 0 Å². The highest BCUT2D eigenvalue weighted by Crippen LogP contribution is 2.15. The molecule has 0 saturated heterocycles. The molecule has 0 aliphatic carbocycles. The number of rotatable bonds is 4. The Balaban J connectivity index is 2.10. The third-order valence-electron chi connectivity index (χ3n) is 2.51. The minimum Gasteiger partial charge on any atom is -0.508 e. The lowest BCUT2D eigenvalue weighted by Crippen LogP contribution is -2.41. The number of hydrazine groups is 1.